The summed E-state index contributed by atoms with van der Waals surface area (Å²) in [6, 6.07) is 0. The van der Waals surface area contributed by atoms with Crippen LogP contribution in [0.15, 0.2) is 158 Å². The molecular formula is C77H124O6. The number of rotatable bonds is 60. The maximum atomic E-state index is 13.0. The highest BCUT2D eigenvalue weighted by Gasteiger charge is 2.19. The van der Waals surface area contributed by atoms with Crippen LogP contribution < -0.4 is 0 Å². The van der Waals surface area contributed by atoms with Gasteiger partial charge in [0.1, 0.15) is 13.2 Å². The lowest BCUT2D eigenvalue weighted by Gasteiger charge is -2.18. The number of hydrogen-bond donors (Lipinski definition) is 0. The van der Waals surface area contributed by atoms with E-state index in [1.807, 2.05) is 0 Å². The third-order valence-corrected chi connectivity index (χ3v) is 14.0. The molecule has 6 nitrogen and oxygen atoms in total. The van der Waals surface area contributed by atoms with Crippen LogP contribution in [0.25, 0.3) is 0 Å². The van der Waals surface area contributed by atoms with Gasteiger partial charge in [0, 0.05) is 19.3 Å². The first kappa shape index (κ1) is 78.0. The summed E-state index contributed by atoms with van der Waals surface area (Å²) in [5.74, 6) is -0.929. The summed E-state index contributed by atoms with van der Waals surface area (Å²) in [5.41, 5.74) is 0. The largest absolute Gasteiger partial charge is 0.462 e. The van der Waals surface area contributed by atoms with Crippen LogP contribution in [0.5, 0.6) is 0 Å². The summed E-state index contributed by atoms with van der Waals surface area (Å²) in [7, 11) is 0. The molecule has 0 aliphatic carbocycles. The second-order valence-electron chi connectivity index (χ2n) is 21.9. The third-order valence-electron chi connectivity index (χ3n) is 14.0. The van der Waals surface area contributed by atoms with Crippen molar-refractivity contribution in [2.75, 3.05) is 13.2 Å². The van der Waals surface area contributed by atoms with Crippen molar-refractivity contribution in [2.45, 2.75) is 297 Å². The van der Waals surface area contributed by atoms with Crippen LogP contribution in [0, 0.1) is 0 Å². The molecule has 0 fully saturated rings. The molecule has 0 aromatic heterocycles. The van der Waals surface area contributed by atoms with Gasteiger partial charge in [-0.2, -0.15) is 0 Å². The molecule has 0 rings (SSSR count). The standard InChI is InChI=1S/C77H124O6/c1-4-7-10-13-16-19-22-25-28-31-33-35-36-37-38-39-40-42-43-46-49-52-55-58-61-64-67-70-76(79)82-73-74(72-81-75(78)69-66-63-60-57-54-51-48-45-30-27-24-21-18-15-12-9-6-3)83-77(80)71-68-65-62-59-56-53-50-47-44-41-34-32-29-26-23-20-17-14-11-8-5-2/h7-12,16-21,25-30,33-35,37-38,41,48,51,74H,4-6,13-15,22-24,31-32,36,39-40,42-47,49-50,52-73H2,1-3H3/b10-7-,11-8-,12-9-,19-16-,20-17-,21-18-,28-25-,29-26-,30-27-,35-33-,38-37-,41-34-,51-48-. The van der Waals surface area contributed by atoms with Crippen LogP contribution >= 0.6 is 0 Å². The third kappa shape index (κ3) is 67.7. The summed E-state index contributed by atoms with van der Waals surface area (Å²) < 4.78 is 17.0. The Balaban J connectivity index is 4.42. The van der Waals surface area contributed by atoms with Gasteiger partial charge in [0.2, 0.25) is 0 Å². The van der Waals surface area contributed by atoms with E-state index in [9.17, 15) is 14.4 Å². The van der Waals surface area contributed by atoms with Crippen LogP contribution in [0.3, 0.4) is 0 Å². The Labute approximate surface area is 511 Å². The molecule has 0 radical (unpaired) electrons. The maximum absolute atomic E-state index is 13.0. The van der Waals surface area contributed by atoms with Crippen LogP contribution in [0.1, 0.15) is 290 Å². The first-order chi connectivity index (χ1) is 41.0. The summed E-state index contributed by atoms with van der Waals surface area (Å²) in [6.07, 6.45) is 101. The first-order valence-electron chi connectivity index (χ1n) is 34.0. The average Bonchev–Trinajstić information content (AvgIpc) is 3.49. The normalized spacial score (nSPS) is 13.1. The fourth-order valence-electron chi connectivity index (χ4n) is 9.04. The highest BCUT2D eigenvalue weighted by Crippen LogP contribution is 2.16. The molecule has 0 aromatic rings. The van der Waals surface area contributed by atoms with Gasteiger partial charge in [0.05, 0.1) is 0 Å². The van der Waals surface area contributed by atoms with Crippen LogP contribution in [-0.4, -0.2) is 37.2 Å². The van der Waals surface area contributed by atoms with Crippen molar-refractivity contribution < 1.29 is 28.6 Å². The summed E-state index contributed by atoms with van der Waals surface area (Å²) in [5, 5.41) is 0. The molecule has 0 heterocycles. The van der Waals surface area contributed by atoms with Crippen molar-refractivity contribution in [1.82, 2.24) is 0 Å². The topological polar surface area (TPSA) is 78.9 Å². The first-order valence-corrected chi connectivity index (χ1v) is 34.0. The minimum atomic E-state index is -0.804. The Morgan fingerprint density at radius 2 is 0.434 bits per heavy atom. The van der Waals surface area contributed by atoms with Crippen molar-refractivity contribution >= 4 is 17.9 Å². The molecule has 0 aromatic carbocycles. The fraction of sp³-hybridized carbons (Fsp3) is 0.623. The van der Waals surface area contributed by atoms with E-state index in [-0.39, 0.29) is 31.1 Å². The van der Waals surface area contributed by atoms with E-state index < -0.39 is 6.10 Å². The predicted octanol–water partition coefficient (Wildman–Crippen LogP) is 23.7. The lowest BCUT2D eigenvalue weighted by molar-refractivity contribution is -0.167. The molecule has 0 aliphatic rings. The fourth-order valence-corrected chi connectivity index (χ4v) is 9.04. The van der Waals surface area contributed by atoms with Gasteiger partial charge in [0.15, 0.2) is 6.10 Å². The lowest BCUT2D eigenvalue weighted by Crippen LogP contribution is -2.30. The number of unbranched alkanes of at least 4 members (excludes halogenated alkanes) is 23. The predicted molar refractivity (Wildman–Crippen MR) is 362 cm³/mol. The molecule has 0 spiro atoms. The van der Waals surface area contributed by atoms with Crippen LogP contribution in [0.4, 0.5) is 0 Å². The molecule has 0 saturated heterocycles. The van der Waals surface area contributed by atoms with Crippen LogP contribution in [-0.2, 0) is 28.6 Å². The average molecular weight is 1150 g/mol. The van der Waals surface area contributed by atoms with E-state index in [0.717, 1.165) is 161 Å². The zero-order valence-electron chi connectivity index (χ0n) is 53.7. The Kier molecular flexibility index (Phi) is 65.4. The van der Waals surface area contributed by atoms with Crippen LogP contribution in [0.2, 0.25) is 0 Å². The molecule has 6 heteroatoms. The van der Waals surface area contributed by atoms with Gasteiger partial charge in [-0.05, 0) is 141 Å². The van der Waals surface area contributed by atoms with Crippen molar-refractivity contribution in [3.63, 3.8) is 0 Å². The Hall–Kier alpha value is -4.97. The van der Waals surface area contributed by atoms with Gasteiger partial charge in [-0.1, -0.05) is 288 Å². The zero-order chi connectivity index (χ0) is 59.9. The van der Waals surface area contributed by atoms with Gasteiger partial charge in [-0.15, -0.1) is 0 Å². The molecule has 0 bridgehead atoms. The minimum Gasteiger partial charge on any atom is -0.462 e. The smallest absolute Gasteiger partial charge is 0.306 e. The van der Waals surface area contributed by atoms with Crippen molar-refractivity contribution in [3.05, 3.63) is 158 Å². The summed E-state index contributed by atoms with van der Waals surface area (Å²) in [6.45, 7) is 6.28. The van der Waals surface area contributed by atoms with E-state index in [1.54, 1.807) is 0 Å². The van der Waals surface area contributed by atoms with Gasteiger partial charge < -0.3 is 14.2 Å². The molecule has 83 heavy (non-hydrogen) atoms. The molecule has 0 amide bonds. The highest BCUT2D eigenvalue weighted by atomic mass is 16.6. The van der Waals surface area contributed by atoms with Gasteiger partial charge in [0.25, 0.3) is 0 Å². The molecule has 468 valence electrons. The molecular weight excluding hydrogens is 1020 g/mol. The number of allylic oxidation sites excluding steroid dienone is 26. The number of carbonyl (C=O) groups excluding carboxylic acids is 3. The van der Waals surface area contributed by atoms with E-state index in [2.05, 4.69) is 179 Å². The van der Waals surface area contributed by atoms with Gasteiger partial charge >= 0.3 is 17.9 Å². The Morgan fingerprint density at radius 3 is 0.675 bits per heavy atom. The Bertz CT molecular complexity index is 1840. The number of esters is 3. The minimum absolute atomic E-state index is 0.0964. The van der Waals surface area contributed by atoms with E-state index in [1.165, 1.54) is 89.9 Å². The van der Waals surface area contributed by atoms with E-state index in [0.29, 0.717) is 19.3 Å². The van der Waals surface area contributed by atoms with E-state index in [4.69, 9.17) is 14.2 Å². The Morgan fingerprint density at radius 1 is 0.241 bits per heavy atom. The molecule has 0 aliphatic heterocycles. The molecule has 0 N–H and O–H groups in total. The number of carbonyl (C=O) groups is 3. The second-order valence-corrected chi connectivity index (χ2v) is 21.9. The molecule has 0 saturated carbocycles. The van der Waals surface area contributed by atoms with Crippen molar-refractivity contribution in [2.24, 2.45) is 0 Å². The monoisotopic (exact) mass is 1140 g/mol. The van der Waals surface area contributed by atoms with Gasteiger partial charge in [-0.3, -0.25) is 14.4 Å². The quantitative estimate of drug-likeness (QED) is 0.0261. The summed E-state index contributed by atoms with van der Waals surface area (Å²) >= 11 is 0. The van der Waals surface area contributed by atoms with Crippen molar-refractivity contribution in [1.29, 1.82) is 0 Å². The molecule has 1 unspecified atom stereocenters. The SMILES string of the molecule is CC/C=C\C/C=C\C/C=C\C/C=C\C/C=C\CCCCCCCCCCCCCC(=O)OCC(COC(=O)CCCCCC/C=C\C/C=C\C/C=C\C/C=C\CC)OC(=O)CCCCCCCCCC/C=C\C/C=C\C/C=C\C/C=C\CC. The zero-order valence-corrected chi connectivity index (χ0v) is 53.7. The van der Waals surface area contributed by atoms with E-state index >= 15 is 0 Å². The lowest BCUT2D eigenvalue weighted by atomic mass is 10.0. The van der Waals surface area contributed by atoms with Gasteiger partial charge in [-0.25, -0.2) is 0 Å². The highest BCUT2D eigenvalue weighted by molar-refractivity contribution is 5.71. The second kappa shape index (κ2) is 69.5. The van der Waals surface area contributed by atoms with Crippen molar-refractivity contribution in [3.8, 4) is 0 Å². The number of ether oxygens (including phenoxy) is 3. The summed E-state index contributed by atoms with van der Waals surface area (Å²) in [4.78, 5) is 38.5. The number of hydrogen-bond acceptors (Lipinski definition) is 6. The molecule has 1 atom stereocenters. The maximum Gasteiger partial charge on any atom is 0.306 e.